The number of aromatic nitrogens is 3. The number of primary amides is 1. The summed E-state index contributed by atoms with van der Waals surface area (Å²) in [5, 5.41) is 7.44. The van der Waals surface area contributed by atoms with E-state index in [1.165, 1.54) is 15.6 Å². The van der Waals surface area contributed by atoms with Gasteiger partial charge in [-0.3, -0.25) is 14.4 Å². The van der Waals surface area contributed by atoms with Gasteiger partial charge in [0, 0.05) is 24.9 Å². The van der Waals surface area contributed by atoms with Crippen molar-refractivity contribution in [2.75, 3.05) is 18.9 Å². The molecule has 0 radical (unpaired) electrons. The molecule has 0 aliphatic heterocycles. The third kappa shape index (κ3) is 4.84. The topological polar surface area (TPSA) is 123 Å². The van der Waals surface area contributed by atoms with E-state index in [4.69, 9.17) is 28.9 Å². The highest BCUT2D eigenvalue weighted by atomic mass is 35.5. The molecule has 0 atom stereocenters. The number of hydrogen-bond acceptors (Lipinski definition) is 5. The Morgan fingerprint density at radius 1 is 1.19 bits per heavy atom. The van der Waals surface area contributed by atoms with Crippen LogP contribution >= 0.6 is 23.2 Å². The molecule has 0 fully saturated rings. The van der Waals surface area contributed by atoms with Crippen LogP contribution in [0.5, 0.6) is 0 Å². The zero-order valence-electron chi connectivity index (χ0n) is 17.8. The molecule has 11 heteroatoms. The molecule has 0 saturated carbocycles. The van der Waals surface area contributed by atoms with Crippen molar-refractivity contribution in [1.82, 2.24) is 19.5 Å². The summed E-state index contributed by atoms with van der Waals surface area (Å²) in [7, 11) is 1.55. The summed E-state index contributed by atoms with van der Waals surface area (Å²) in [6.45, 7) is 3.48. The third-order valence-electron chi connectivity index (χ3n) is 5.10. The zero-order chi connectivity index (χ0) is 23.6. The number of likely N-dealkylation sites (N-methyl/N-ethyl adjacent to an activating group) is 1. The van der Waals surface area contributed by atoms with Gasteiger partial charge in [0.2, 0.25) is 11.8 Å². The molecular weight excluding hydrogens is 455 g/mol. The number of nitrogens with one attached hydrogen (secondary N) is 1. The second-order valence-corrected chi connectivity index (χ2v) is 8.13. The molecular formula is C21H22Cl2N6O3. The van der Waals surface area contributed by atoms with Crippen LogP contribution in [0.1, 0.15) is 33.7 Å². The average molecular weight is 477 g/mol. The largest absolute Gasteiger partial charge is 0.365 e. The first-order valence-electron chi connectivity index (χ1n) is 9.71. The van der Waals surface area contributed by atoms with Crippen molar-refractivity contribution >= 4 is 52.3 Å². The number of carbonyl (C=O) groups is 3. The molecule has 9 nitrogen and oxygen atoms in total. The summed E-state index contributed by atoms with van der Waals surface area (Å²) in [5.74, 6) is -1.24. The predicted molar refractivity (Wildman–Crippen MR) is 122 cm³/mol. The van der Waals surface area contributed by atoms with Crippen LogP contribution in [-0.4, -0.2) is 50.8 Å². The molecule has 32 heavy (non-hydrogen) atoms. The number of benzene rings is 1. The van der Waals surface area contributed by atoms with Gasteiger partial charge in [-0.25, -0.2) is 9.50 Å². The summed E-state index contributed by atoms with van der Waals surface area (Å²) < 4.78 is 1.54. The van der Waals surface area contributed by atoms with Gasteiger partial charge >= 0.3 is 0 Å². The minimum atomic E-state index is -0.604. The molecule has 3 rings (SSSR count). The Hall–Kier alpha value is -3.17. The van der Waals surface area contributed by atoms with Gasteiger partial charge in [0.05, 0.1) is 28.5 Å². The Labute approximate surface area is 194 Å². The van der Waals surface area contributed by atoms with Crippen LogP contribution in [0.2, 0.25) is 10.0 Å². The quantitative estimate of drug-likeness (QED) is 0.542. The standard InChI is InChI=1S/C21H22Cl2N6O3/c1-11-13(12(2)29-21(26-11)14(9-25-29)20(24)32)7-8-18(31)28(3)10-17(30)27-19-15(22)5-4-6-16(19)23/h4-6,9H,7-8,10H2,1-3H3,(H2,24,32)(H,27,30). The molecule has 0 spiro atoms. The first kappa shape index (κ1) is 23.5. The van der Waals surface area contributed by atoms with Gasteiger partial charge in [-0.15, -0.1) is 0 Å². The summed E-state index contributed by atoms with van der Waals surface area (Å²) in [4.78, 5) is 42.3. The lowest BCUT2D eigenvalue weighted by atomic mass is 10.1. The van der Waals surface area contributed by atoms with E-state index in [2.05, 4.69) is 15.4 Å². The number of fused-ring (bicyclic) bond motifs is 1. The van der Waals surface area contributed by atoms with Crippen molar-refractivity contribution in [2.45, 2.75) is 26.7 Å². The van der Waals surface area contributed by atoms with E-state index in [-0.39, 0.29) is 24.4 Å². The molecule has 0 unspecified atom stereocenters. The van der Waals surface area contributed by atoms with Gasteiger partial charge in [0.15, 0.2) is 5.65 Å². The summed E-state index contributed by atoms with van der Waals surface area (Å²) in [5.41, 5.74) is 8.58. The van der Waals surface area contributed by atoms with Crippen molar-refractivity contribution < 1.29 is 14.4 Å². The average Bonchev–Trinajstić information content (AvgIpc) is 3.14. The smallest absolute Gasteiger partial charge is 0.254 e. The number of aryl methyl sites for hydroxylation is 2. The maximum atomic E-state index is 12.6. The number of rotatable bonds is 7. The highest BCUT2D eigenvalue weighted by Crippen LogP contribution is 2.29. The molecule has 0 saturated heterocycles. The first-order chi connectivity index (χ1) is 15.1. The Morgan fingerprint density at radius 2 is 1.84 bits per heavy atom. The maximum Gasteiger partial charge on any atom is 0.254 e. The van der Waals surface area contributed by atoms with Crippen LogP contribution in [0, 0.1) is 13.8 Å². The van der Waals surface area contributed by atoms with E-state index in [9.17, 15) is 14.4 Å². The van der Waals surface area contributed by atoms with Crippen LogP contribution in [0.3, 0.4) is 0 Å². The van der Waals surface area contributed by atoms with E-state index in [0.717, 1.165) is 11.3 Å². The predicted octanol–water partition coefficient (Wildman–Crippen LogP) is 2.78. The van der Waals surface area contributed by atoms with Crippen LogP contribution in [-0.2, 0) is 16.0 Å². The van der Waals surface area contributed by atoms with E-state index in [0.29, 0.717) is 33.5 Å². The molecule has 3 N–H and O–H groups in total. The second-order valence-electron chi connectivity index (χ2n) is 7.31. The normalized spacial score (nSPS) is 10.9. The number of hydrogen-bond donors (Lipinski definition) is 2. The number of amides is 3. The minimum absolute atomic E-state index is 0.156. The Morgan fingerprint density at radius 3 is 2.47 bits per heavy atom. The van der Waals surface area contributed by atoms with Crippen LogP contribution in [0.4, 0.5) is 5.69 Å². The van der Waals surface area contributed by atoms with Crippen molar-refractivity contribution in [2.24, 2.45) is 5.73 Å². The van der Waals surface area contributed by atoms with E-state index >= 15 is 0 Å². The van der Waals surface area contributed by atoms with Gasteiger partial charge < -0.3 is 16.0 Å². The van der Waals surface area contributed by atoms with Crippen molar-refractivity contribution in [1.29, 1.82) is 0 Å². The molecule has 3 amide bonds. The maximum absolute atomic E-state index is 12.6. The molecule has 1 aromatic carbocycles. The molecule has 2 aromatic heterocycles. The fraction of sp³-hybridized carbons (Fsp3) is 0.286. The molecule has 3 aromatic rings. The molecule has 0 aliphatic carbocycles. The highest BCUT2D eigenvalue weighted by Gasteiger charge is 2.19. The SMILES string of the molecule is Cc1nc2c(C(N)=O)cnn2c(C)c1CCC(=O)N(C)CC(=O)Nc1c(Cl)cccc1Cl. The van der Waals surface area contributed by atoms with E-state index in [1.54, 1.807) is 32.2 Å². The summed E-state index contributed by atoms with van der Waals surface area (Å²) in [6, 6.07) is 4.89. The fourth-order valence-corrected chi connectivity index (χ4v) is 3.86. The molecule has 168 valence electrons. The number of halogens is 2. The molecule has 0 aliphatic rings. The minimum Gasteiger partial charge on any atom is -0.365 e. The number of para-hydroxylation sites is 1. The number of nitrogens with zero attached hydrogens (tertiary/aromatic N) is 4. The van der Waals surface area contributed by atoms with Crippen LogP contribution < -0.4 is 11.1 Å². The third-order valence-corrected chi connectivity index (χ3v) is 5.73. The molecule has 0 bridgehead atoms. The number of carbonyl (C=O) groups excluding carboxylic acids is 3. The van der Waals surface area contributed by atoms with Gasteiger partial charge in [0.1, 0.15) is 5.56 Å². The highest BCUT2D eigenvalue weighted by molar-refractivity contribution is 6.39. The van der Waals surface area contributed by atoms with E-state index in [1.807, 2.05) is 6.92 Å². The lowest BCUT2D eigenvalue weighted by molar-refractivity contribution is -0.133. The molecule has 2 heterocycles. The summed E-state index contributed by atoms with van der Waals surface area (Å²) >= 11 is 12.1. The number of nitrogens with two attached hydrogens (primary N) is 1. The number of anilines is 1. The lowest BCUT2D eigenvalue weighted by Crippen LogP contribution is -2.35. The second kappa shape index (κ2) is 9.54. The van der Waals surface area contributed by atoms with Crippen molar-refractivity contribution in [3.63, 3.8) is 0 Å². The fourth-order valence-electron chi connectivity index (χ4n) is 3.37. The van der Waals surface area contributed by atoms with Gasteiger partial charge in [-0.1, -0.05) is 29.3 Å². The Kier molecular flexibility index (Phi) is 7.00. The van der Waals surface area contributed by atoms with Crippen LogP contribution in [0.25, 0.3) is 5.65 Å². The monoisotopic (exact) mass is 476 g/mol. The zero-order valence-corrected chi connectivity index (χ0v) is 19.3. The van der Waals surface area contributed by atoms with Crippen LogP contribution in [0.15, 0.2) is 24.4 Å². The van der Waals surface area contributed by atoms with Gasteiger partial charge in [0.25, 0.3) is 5.91 Å². The van der Waals surface area contributed by atoms with Gasteiger partial charge in [-0.2, -0.15) is 5.10 Å². The summed E-state index contributed by atoms with van der Waals surface area (Å²) in [6.07, 6.45) is 1.94. The van der Waals surface area contributed by atoms with Crippen molar-refractivity contribution in [3.8, 4) is 0 Å². The lowest BCUT2D eigenvalue weighted by Gasteiger charge is -2.18. The van der Waals surface area contributed by atoms with Crippen molar-refractivity contribution in [3.05, 3.63) is 57.0 Å². The van der Waals surface area contributed by atoms with E-state index < -0.39 is 11.8 Å². The first-order valence-corrected chi connectivity index (χ1v) is 10.5. The van der Waals surface area contributed by atoms with Gasteiger partial charge in [-0.05, 0) is 38.0 Å². The Bertz CT molecular complexity index is 1200. The Balaban J connectivity index is 1.65.